The molecule has 0 saturated carbocycles. The van der Waals surface area contributed by atoms with Gasteiger partial charge in [-0.05, 0) is 31.1 Å². The molecular weight excluding hydrogens is 264 g/mol. The molecule has 21 heavy (non-hydrogen) atoms. The van der Waals surface area contributed by atoms with E-state index in [4.69, 9.17) is 10.5 Å². The molecule has 5 nitrogen and oxygen atoms in total. The molecule has 2 heterocycles. The molecule has 0 bridgehead atoms. The molecule has 0 fully saturated rings. The van der Waals surface area contributed by atoms with Crippen LogP contribution in [0.1, 0.15) is 56.2 Å². The van der Waals surface area contributed by atoms with Crippen molar-refractivity contribution in [1.82, 2.24) is 10.2 Å². The van der Waals surface area contributed by atoms with Gasteiger partial charge in [-0.15, -0.1) is 5.10 Å². The number of nitrogens with one attached hydrogen (secondary N) is 1. The van der Waals surface area contributed by atoms with Crippen LogP contribution < -0.4 is 10.5 Å². The Hall–Kier alpha value is -2.22. The van der Waals surface area contributed by atoms with Crippen LogP contribution in [0.2, 0.25) is 0 Å². The van der Waals surface area contributed by atoms with Crippen molar-refractivity contribution in [2.45, 2.75) is 44.9 Å². The van der Waals surface area contributed by atoms with Gasteiger partial charge in [0.25, 0.3) is 0 Å². The van der Waals surface area contributed by atoms with Crippen LogP contribution in [0.25, 0.3) is 0 Å². The minimum absolute atomic E-state index is 0.0496. The molecule has 5 heteroatoms. The summed E-state index contributed by atoms with van der Waals surface area (Å²) in [5.41, 5.74) is 8.52. The summed E-state index contributed by atoms with van der Waals surface area (Å²) in [7, 11) is 0. The number of H-pyrrole nitrogens is 1. The predicted octanol–water partition coefficient (Wildman–Crippen LogP) is 3.06. The molecule has 1 aliphatic carbocycles. The van der Waals surface area contributed by atoms with Crippen molar-refractivity contribution in [3.63, 3.8) is 0 Å². The topological polar surface area (TPSA) is 87.7 Å². The fourth-order valence-electron chi connectivity index (χ4n) is 3.29. The van der Waals surface area contributed by atoms with Crippen molar-refractivity contribution in [3.05, 3.63) is 34.9 Å². The van der Waals surface area contributed by atoms with Gasteiger partial charge in [-0.1, -0.05) is 26.0 Å². The van der Waals surface area contributed by atoms with Gasteiger partial charge < -0.3 is 10.5 Å². The number of allylic oxidation sites excluding steroid dienone is 3. The van der Waals surface area contributed by atoms with E-state index in [1.54, 1.807) is 0 Å². The number of nitrogens with two attached hydrogens (primary N) is 1. The fraction of sp³-hybridized carbons (Fsp3) is 0.500. The molecular formula is C16H20N4O. The monoisotopic (exact) mass is 284 g/mol. The lowest BCUT2D eigenvalue weighted by Crippen LogP contribution is -2.25. The quantitative estimate of drug-likeness (QED) is 0.817. The van der Waals surface area contributed by atoms with E-state index >= 15 is 0 Å². The highest BCUT2D eigenvalue weighted by Crippen LogP contribution is 2.47. The Labute approximate surface area is 124 Å². The number of fused-ring (bicyclic) bond motifs is 1. The highest BCUT2D eigenvalue weighted by Gasteiger charge is 2.38. The van der Waals surface area contributed by atoms with Crippen LogP contribution in [0, 0.1) is 17.2 Å². The Morgan fingerprint density at radius 1 is 1.52 bits per heavy atom. The SMILES string of the molecule is CC(C)c1[nH]nc2c1[C@H]([C@H]1C=CCCC1)C(C#N)=C(N)O2. The van der Waals surface area contributed by atoms with Crippen LogP contribution in [-0.2, 0) is 0 Å². The van der Waals surface area contributed by atoms with Gasteiger partial charge in [0.05, 0.1) is 5.57 Å². The first-order valence-electron chi connectivity index (χ1n) is 7.45. The molecule has 0 spiro atoms. The van der Waals surface area contributed by atoms with Gasteiger partial charge in [0.1, 0.15) is 6.07 Å². The van der Waals surface area contributed by atoms with E-state index in [0.29, 0.717) is 17.4 Å². The summed E-state index contributed by atoms with van der Waals surface area (Å²) in [5, 5.41) is 16.8. The highest BCUT2D eigenvalue weighted by molar-refractivity contribution is 5.50. The fourth-order valence-corrected chi connectivity index (χ4v) is 3.29. The molecule has 0 saturated heterocycles. The summed E-state index contributed by atoms with van der Waals surface area (Å²) in [6, 6.07) is 2.25. The number of hydrogen-bond acceptors (Lipinski definition) is 4. The Morgan fingerprint density at radius 2 is 2.33 bits per heavy atom. The van der Waals surface area contributed by atoms with Crippen molar-refractivity contribution in [2.24, 2.45) is 11.7 Å². The number of rotatable bonds is 2. The lowest BCUT2D eigenvalue weighted by molar-refractivity contribution is 0.354. The van der Waals surface area contributed by atoms with Crippen LogP contribution in [-0.4, -0.2) is 10.2 Å². The van der Waals surface area contributed by atoms with Crippen molar-refractivity contribution >= 4 is 0 Å². The average Bonchev–Trinajstić information content (AvgIpc) is 2.90. The van der Waals surface area contributed by atoms with E-state index in [2.05, 4.69) is 42.3 Å². The lowest BCUT2D eigenvalue weighted by Gasteiger charge is -2.30. The zero-order chi connectivity index (χ0) is 15.0. The van der Waals surface area contributed by atoms with Gasteiger partial charge in [-0.3, -0.25) is 5.10 Å². The third kappa shape index (κ3) is 2.21. The summed E-state index contributed by atoms with van der Waals surface area (Å²) < 4.78 is 5.56. The first-order valence-corrected chi connectivity index (χ1v) is 7.45. The molecule has 0 unspecified atom stereocenters. The Kier molecular flexibility index (Phi) is 3.46. The molecule has 0 aromatic carbocycles. The number of aromatic amines is 1. The molecule has 2 atom stereocenters. The zero-order valence-electron chi connectivity index (χ0n) is 12.4. The molecule has 3 rings (SSSR count). The summed E-state index contributed by atoms with van der Waals surface area (Å²) in [6.07, 6.45) is 7.72. The van der Waals surface area contributed by atoms with Crippen LogP contribution >= 0.6 is 0 Å². The summed E-state index contributed by atoms with van der Waals surface area (Å²) in [5.74, 6) is 1.24. The van der Waals surface area contributed by atoms with Gasteiger partial charge in [-0.2, -0.15) is 5.26 Å². The molecule has 3 N–H and O–H groups in total. The molecule has 0 radical (unpaired) electrons. The first kappa shape index (κ1) is 13.7. The largest absolute Gasteiger partial charge is 0.420 e. The third-order valence-corrected chi connectivity index (χ3v) is 4.31. The van der Waals surface area contributed by atoms with Crippen LogP contribution in [0.15, 0.2) is 23.6 Å². The lowest BCUT2D eigenvalue weighted by atomic mass is 9.75. The van der Waals surface area contributed by atoms with Crippen LogP contribution in [0.4, 0.5) is 0 Å². The maximum absolute atomic E-state index is 9.53. The van der Waals surface area contributed by atoms with Gasteiger partial charge in [-0.25, -0.2) is 0 Å². The van der Waals surface area contributed by atoms with Gasteiger partial charge in [0.15, 0.2) is 0 Å². The summed E-state index contributed by atoms with van der Waals surface area (Å²) in [4.78, 5) is 0. The number of nitriles is 1. The molecule has 1 aromatic rings. The van der Waals surface area contributed by atoms with Crippen LogP contribution in [0.5, 0.6) is 5.88 Å². The average molecular weight is 284 g/mol. The van der Waals surface area contributed by atoms with Crippen molar-refractivity contribution in [1.29, 1.82) is 5.26 Å². The second kappa shape index (κ2) is 5.28. The van der Waals surface area contributed by atoms with E-state index < -0.39 is 0 Å². The van der Waals surface area contributed by atoms with Crippen molar-refractivity contribution < 1.29 is 4.74 Å². The number of nitrogens with zero attached hydrogens (tertiary/aromatic N) is 2. The Balaban J connectivity index is 2.14. The van der Waals surface area contributed by atoms with E-state index in [1.165, 1.54) is 0 Å². The number of ether oxygens (including phenoxy) is 1. The van der Waals surface area contributed by atoms with Gasteiger partial charge in [0.2, 0.25) is 11.8 Å². The summed E-state index contributed by atoms with van der Waals surface area (Å²) in [6.45, 7) is 4.21. The van der Waals surface area contributed by atoms with E-state index in [-0.39, 0.29) is 17.7 Å². The minimum atomic E-state index is -0.0496. The molecule has 0 amide bonds. The maximum atomic E-state index is 9.53. The molecule has 1 aliphatic heterocycles. The minimum Gasteiger partial charge on any atom is -0.420 e. The number of hydrogen-bond donors (Lipinski definition) is 2. The first-order chi connectivity index (χ1) is 10.1. The maximum Gasteiger partial charge on any atom is 0.243 e. The van der Waals surface area contributed by atoms with Gasteiger partial charge in [0, 0.05) is 17.2 Å². The van der Waals surface area contributed by atoms with E-state index in [0.717, 1.165) is 30.5 Å². The molecule has 1 aromatic heterocycles. The van der Waals surface area contributed by atoms with E-state index in [1.807, 2.05) is 0 Å². The highest BCUT2D eigenvalue weighted by atomic mass is 16.5. The molecule has 110 valence electrons. The standard InChI is InChI=1S/C16H20N4O/c1-9(2)14-13-12(10-6-4-3-5-7-10)11(8-17)15(18)21-16(13)20-19-14/h4,6,9-10,12H,3,5,7,18H2,1-2H3,(H,19,20)/t10-,12+/m0/s1. The normalized spacial score (nSPS) is 24.7. The summed E-state index contributed by atoms with van der Waals surface area (Å²) >= 11 is 0. The Bertz CT molecular complexity index is 648. The molecule has 2 aliphatic rings. The van der Waals surface area contributed by atoms with Crippen LogP contribution in [0.3, 0.4) is 0 Å². The van der Waals surface area contributed by atoms with Crippen molar-refractivity contribution in [2.75, 3.05) is 0 Å². The van der Waals surface area contributed by atoms with Gasteiger partial charge >= 0.3 is 0 Å². The van der Waals surface area contributed by atoms with E-state index in [9.17, 15) is 5.26 Å². The predicted molar refractivity (Wildman–Crippen MR) is 79.4 cm³/mol. The zero-order valence-corrected chi connectivity index (χ0v) is 12.4. The second-order valence-corrected chi connectivity index (χ2v) is 6.00. The van der Waals surface area contributed by atoms with Crippen molar-refractivity contribution in [3.8, 4) is 11.9 Å². The second-order valence-electron chi connectivity index (χ2n) is 6.00. The Morgan fingerprint density at radius 3 is 2.95 bits per heavy atom. The smallest absolute Gasteiger partial charge is 0.243 e. The third-order valence-electron chi connectivity index (χ3n) is 4.31. The number of aromatic nitrogens is 2.